The van der Waals surface area contributed by atoms with Crippen molar-refractivity contribution in [1.29, 1.82) is 0 Å². The Balaban J connectivity index is -0.00000280. The summed E-state index contributed by atoms with van der Waals surface area (Å²) in [4.78, 5) is 11.4. The van der Waals surface area contributed by atoms with Crippen LogP contribution in [0.25, 0.3) is 0 Å². The first-order valence-electron chi connectivity index (χ1n) is 9.40. The van der Waals surface area contributed by atoms with E-state index in [1.807, 2.05) is 0 Å². The van der Waals surface area contributed by atoms with Gasteiger partial charge in [0.1, 0.15) is 5.54 Å². The Bertz CT molecular complexity index is 675. The number of carboxylic acids is 1. The molecule has 7 nitrogen and oxygen atoms in total. The van der Waals surface area contributed by atoms with Crippen molar-refractivity contribution in [3.8, 4) is 0 Å². The molecule has 14 heteroatoms. The number of nitrogens with one attached hydrogen (secondary N) is 1. The zero-order chi connectivity index (χ0) is 22.1. The number of hydrogen-bond donors (Lipinski definition) is 5. The molecule has 0 amide bonds. The molecule has 0 aliphatic carbocycles. The first kappa shape index (κ1) is 35.8. The van der Waals surface area contributed by atoms with Gasteiger partial charge in [-0.15, -0.1) is 24.8 Å². The van der Waals surface area contributed by atoms with Gasteiger partial charge < -0.3 is 31.7 Å². The summed E-state index contributed by atoms with van der Waals surface area (Å²) < 4.78 is 38.3. The Labute approximate surface area is 203 Å². The maximum Gasteiger partial charge on any atom is 0.451 e. The minimum absolute atomic E-state index is 0. The van der Waals surface area contributed by atoms with Gasteiger partial charge in [-0.2, -0.15) is 13.2 Å². The smallest absolute Gasteiger partial charge is 0.451 e. The summed E-state index contributed by atoms with van der Waals surface area (Å²) in [6, 6.07) is 3.22. The zero-order valence-electron chi connectivity index (χ0n) is 17.3. The van der Waals surface area contributed by atoms with Crippen molar-refractivity contribution in [3.05, 3.63) is 34.3 Å². The fourth-order valence-corrected chi connectivity index (χ4v) is 3.10. The molecule has 0 bridgehead atoms. The van der Waals surface area contributed by atoms with Crippen LogP contribution in [0.5, 0.6) is 0 Å². The predicted octanol–water partition coefficient (Wildman–Crippen LogP) is 2.72. The van der Waals surface area contributed by atoms with Crippen LogP contribution < -0.4 is 11.1 Å². The second-order valence-electron chi connectivity index (χ2n) is 7.10. The molecule has 1 atom stereocenters. The third kappa shape index (κ3) is 13.1. The minimum atomic E-state index is -4.42. The lowest BCUT2D eigenvalue weighted by atomic mass is 9.81. The van der Waals surface area contributed by atoms with E-state index in [1.54, 1.807) is 0 Å². The highest BCUT2D eigenvalue weighted by Gasteiger charge is 2.33. The number of alkyl halides is 3. The highest BCUT2D eigenvalue weighted by molar-refractivity contribution is 6.40. The normalized spacial score (nSPS) is 12.6. The van der Waals surface area contributed by atoms with E-state index in [0.29, 0.717) is 44.3 Å². The van der Waals surface area contributed by atoms with Crippen LogP contribution >= 0.6 is 36.4 Å². The first-order valence-corrected chi connectivity index (χ1v) is 9.78. The lowest BCUT2D eigenvalue weighted by Crippen LogP contribution is -2.49. The van der Waals surface area contributed by atoms with Gasteiger partial charge in [0.2, 0.25) is 0 Å². The zero-order valence-corrected chi connectivity index (χ0v) is 19.7. The number of unbranched alkanes of at least 4 members (excludes halogenated alkanes) is 1. The molecule has 0 aromatic heterocycles. The number of rotatable bonds is 13. The number of aliphatic carboxylic acids is 1. The van der Waals surface area contributed by atoms with Gasteiger partial charge in [0.05, 0.1) is 5.56 Å². The summed E-state index contributed by atoms with van der Waals surface area (Å²) in [5, 5.41) is 30.3. The Hall–Kier alpha value is -0.785. The summed E-state index contributed by atoms with van der Waals surface area (Å²) >= 11 is 5.96. The van der Waals surface area contributed by atoms with E-state index in [2.05, 4.69) is 5.32 Å². The topological polar surface area (TPSA) is 147 Å². The number of halogens is 6. The van der Waals surface area contributed by atoms with Gasteiger partial charge >= 0.3 is 19.3 Å². The largest absolute Gasteiger partial charge is 0.480 e. The molecular weight excluding hydrogens is 498 g/mol. The summed E-state index contributed by atoms with van der Waals surface area (Å²) in [5.41, 5.74) is 4.20. The molecule has 0 radical (unpaired) electrons. The number of nitrogens with two attached hydrogens (primary N) is 1. The highest BCUT2D eigenvalue weighted by Crippen LogP contribution is 2.32. The summed E-state index contributed by atoms with van der Waals surface area (Å²) in [5.74, 6) is -1.13. The Morgan fingerprint density at radius 1 is 1.09 bits per heavy atom. The molecule has 1 aromatic carbocycles. The van der Waals surface area contributed by atoms with Crippen LogP contribution in [0.15, 0.2) is 18.2 Å². The summed E-state index contributed by atoms with van der Waals surface area (Å²) in [6.07, 6.45) is -2.10. The van der Waals surface area contributed by atoms with Gasteiger partial charge in [0.15, 0.2) is 0 Å². The number of hydrogen-bond acceptors (Lipinski definition) is 5. The third-order valence-electron chi connectivity index (χ3n) is 4.68. The van der Waals surface area contributed by atoms with Crippen LogP contribution in [0, 0.1) is 0 Å². The lowest BCUT2D eigenvalue weighted by Gasteiger charge is -2.25. The van der Waals surface area contributed by atoms with Gasteiger partial charge in [0.25, 0.3) is 0 Å². The maximum absolute atomic E-state index is 12.8. The van der Waals surface area contributed by atoms with E-state index in [9.17, 15) is 23.1 Å². The molecule has 0 spiro atoms. The second kappa shape index (κ2) is 16.8. The van der Waals surface area contributed by atoms with Crippen molar-refractivity contribution in [2.24, 2.45) is 5.73 Å². The lowest BCUT2D eigenvalue weighted by molar-refractivity contribution is -0.144. The molecule has 0 aliphatic heterocycles. The fraction of sp³-hybridized carbons (Fsp3) is 0.611. The molecule has 0 heterocycles. The van der Waals surface area contributed by atoms with Gasteiger partial charge in [0, 0.05) is 5.02 Å². The first-order chi connectivity index (χ1) is 13.5. The standard InChI is InChI=1S/C18H27BClF3N2O4.2ClH.H2O/c20-15-6-5-14(18(21,22)23)12-13(15)4-3-10-25-11-8-17(24,16(26)27)7-1-2-9-19(28)29;;;/h5-6,12,25,28-29H,1-4,7-11,24H2,(H,26,27);2*1H;1H2. The summed E-state index contributed by atoms with van der Waals surface area (Å²) in [6.45, 7) is 0.806. The van der Waals surface area contributed by atoms with Crippen molar-refractivity contribution < 1.29 is 38.6 Å². The van der Waals surface area contributed by atoms with Gasteiger partial charge in [-0.25, -0.2) is 0 Å². The molecule has 0 aliphatic rings. The molecule has 0 saturated heterocycles. The van der Waals surface area contributed by atoms with Crippen LogP contribution in [-0.4, -0.2) is 52.3 Å². The molecule has 0 saturated carbocycles. The second-order valence-corrected chi connectivity index (χ2v) is 7.50. The maximum atomic E-state index is 12.8. The van der Waals surface area contributed by atoms with Crippen LogP contribution in [-0.2, 0) is 17.4 Å². The quantitative estimate of drug-likeness (QED) is 0.196. The van der Waals surface area contributed by atoms with E-state index in [0.717, 1.165) is 12.1 Å². The van der Waals surface area contributed by atoms with E-state index in [1.165, 1.54) is 6.07 Å². The van der Waals surface area contributed by atoms with Crippen LogP contribution in [0.4, 0.5) is 13.2 Å². The van der Waals surface area contributed by atoms with Gasteiger partial charge in [-0.1, -0.05) is 24.4 Å². The van der Waals surface area contributed by atoms with Gasteiger partial charge in [-0.05, 0) is 68.9 Å². The number of carbonyl (C=O) groups is 1. The molecule has 1 aromatic rings. The van der Waals surface area contributed by atoms with Crippen molar-refractivity contribution in [1.82, 2.24) is 5.32 Å². The van der Waals surface area contributed by atoms with Crippen LogP contribution in [0.2, 0.25) is 11.3 Å². The van der Waals surface area contributed by atoms with E-state index in [-0.39, 0.29) is 54.5 Å². The average Bonchev–Trinajstić information content (AvgIpc) is 2.61. The predicted molar refractivity (Wildman–Crippen MR) is 124 cm³/mol. The van der Waals surface area contributed by atoms with E-state index >= 15 is 0 Å². The van der Waals surface area contributed by atoms with Crippen molar-refractivity contribution in [3.63, 3.8) is 0 Å². The van der Waals surface area contributed by atoms with Crippen molar-refractivity contribution in [2.45, 2.75) is 56.6 Å². The SMILES string of the molecule is Cl.Cl.NC(CCCCB(O)O)(CCNCCCc1cc(C(F)(F)F)ccc1Cl)C(=O)O.O. The van der Waals surface area contributed by atoms with E-state index < -0.39 is 30.4 Å². The molecular formula is C18H31BCl3F3N2O5. The minimum Gasteiger partial charge on any atom is -0.480 e. The monoisotopic (exact) mass is 528 g/mol. The van der Waals surface area contributed by atoms with Crippen molar-refractivity contribution in [2.75, 3.05) is 13.1 Å². The number of benzene rings is 1. The molecule has 8 N–H and O–H groups in total. The molecule has 1 unspecified atom stereocenters. The molecule has 0 fully saturated rings. The number of aryl methyl sites for hydroxylation is 1. The number of carboxylic acid groups (broad SMARTS) is 1. The van der Waals surface area contributed by atoms with Crippen molar-refractivity contribution >= 4 is 49.5 Å². The Morgan fingerprint density at radius 2 is 1.72 bits per heavy atom. The van der Waals surface area contributed by atoms with Gasteiger partial charge in [-0.3, -0.25) is 4.79 Å². The van der Waals surface area contributed by atoms with Crippen LogP contribution in [0.3, 0.4) is 0 Å². The molecule has 32 heavy (non-hydrogen) atoms. The Kier molecular flexibility index (Phi) is 18.8. The molecule has 1 rings (SSSR count). The average molecular weight is 530 g/mol. The molecule has 188 valence electrons. The highest BCUT2D eigenvalue weighted by atomic mass is 35.5. The van der Waals surface area contributed by atoms with Crippen LogP contribution in [0.1, 0.15) is 43.2 Å². The fourth-order valence-electron chi connectivity index (χ4n) is 2.89. The third-order valence-corrected chi connectivity index (χ3v) is 5.05. The Morgan fingerprint density at radius 3 is 2.25 bits per heavy atom. The van der Waals surface area contributed by atoms with E-state index in [4.69, 9.17) is 27.4 Å². The summed E-state index contributed by atoms with van der Waals surface area (Å²) in [7, 11) is -1.42.